The van der Waals surface area contributed by atoms with Crippen molar-refractivity contribution in [1.29, 1.82) is 0 Å². The number of benzene rings is 1. The standard InChI is InChI=1S/C15H19ClN2O3/c1-10(19)17-9-11-4-6-18(7-5-11)12-2-3-13(15(20)21)14(16)8-12/h2-3,8,11H,4-7,9H2,1H3,(H,17,19)(H,20,21). The molecular weight excluding hydrogens is 292 g/mol. The van der Waals surface area contributed by atoms with Crippen molar-refractivity contribution >= 4 is 29.2 Å². The molecule has 1 aromatic carbocycles. The molecule has 0 unspecified atom stereocenters. The van der Waals surface area contributed by atoms with E-state index in [4.69, 9.17) is 16.7 Å². The minimum absolute atomic E-state index is 0.00784. The highest BCUT2D eigenvalue weighted by Crippen LogP contribution is 2.27. The lowest BCUT2D eigenvalue weighted by molar-refractivity contribution is -0.119. The second-order valence-corrected chi connectivity index (χ2v) is 5.74. The molecule has 5 nitrogen and oxygen atoms in total. The second-order valence-electron chi connectivity index (χ2n) is 5.34. The van der Waals surface area contributed by atoms with Crippen molar-refractivity contribution in [3.63, 3.8) is 0 Å². The van der Waals surface area contributed by atoms with Crippen molar-refractivity contribution in [3.8, 4) is 0 Å². The Hall–Kier alpha value is -1.75. The van der Waals surface area contributed by atoms with Crippen molar-refractivity contribution in [3.05, 3.63) is 28.8 Å². The molecule has 2 N–H and O–H groups in total. The fourth-order valence-electron chi connectivity index (χ4n) is 2.56. The summed E-state index contributed by atoms with van der Waals surface area (Å²) in [6.45, 7) is 4.02. The first-order chi connectivity index (χ1) is 9.97. The fourth-order valence-corrected chi connectivity index (χ4v) is 2.81. The Morgan fingerprint density at radius 3 is 2.57 bits per heavy atom. The molecule has 0 radical (unpaired) electrons. The number of carbonyl (C=O) groups is 2. The van der Waals surface area contributed by atoms with Gasteiger partial charge in [-0.05, 0) is 37.0 Å². The van der Waals surface area contributed by atoms with Gasteiger partial charge >= 0.3 is 5.97 Å². The maximum absolute atomic E-state index is 10.9. The van der Waals surface area contributed by atoms with Crippen LogP contribution >= 0.6 is 11.6 Å². The topological polar surface area (TPSA) is 69.6 Å². The van der Waals surface area contributed by atoms with Gasteiger partial charge in [0, 0.05) is 32.2 Å². The maximum atomic E-state index is 10.9. The Balaban J connectivity index is 1.94. The number of aromatic carboxylic acids is 1. The highest BCUT2D eigenvalue weighted by molar-refractivity contribution is 6.33. The Bertz CT molecular complexity index is 540. The van der Waals surface area contributed by atoms with Crippen molar-refractivity contribution in [2.75, 3.05) is 24.5 Å². The van der Waals surface area contributed by atoms with Gasteiger partial charge in [0.15, 0.2) is 0 Å². The lowest BCUT2D eigenvalue weighted by Crippen LogP contribution is -2.38. The van der Waals surface area contributed by atoms with Crippen LogP contribution in [0.3, 0.4) is 0 Å². The first kappa shape index (κ1) is 15.6. The number of nitrogens with zero attached hydrogens (tertiary/aromatic N) is 1. The smallest absolute Gasteiger partial charge is 0.337 e. The van der Waals surface area contributed by atoms with Crippen LogP contribution in [0.15, 0.2) is 18.2 Å². The minimum atomic E-state index is -1.01. The molecule has 21 heavy (non-hydrogen) atoms. The first-order valence-corrected chi connectivity index (χ1v) is 7.37. The molecule has 6 heteroatoms. The van der Waals surface area contributed by atoms with Crippen molar-refractivity contribution in [2.45, 2.75) is 19.8 Å². The molecule has 1 saturated heterocycles. The van der Waals surface area contributed by atoms with E-state index >= 15 is 0 Å². The third-order valence-electron chi connectivity index (χ3n) is 3.80. The zero-order valence-electron chi connectivity index (χ0n) is 11.9. The normalized spacial score (nSPS) is 15.8. The molecule has 1 aliphatic rings. The van der Waals surface area contributed by atoms with Gasteiger partial charge in [-0.1, -0.05) is 11.6 Å². The molecule has 0 atom stereocenters. The quantitative estimate of drug-likeness (QED) is 0.896. The molecule has 0 aromatic heterocycles. The van der Waals surface area contributed by atoms with Crippen LogP contribution in [0.4, 0.5) is 5.69 Å². The maximum Gasteiger partial charge on any atom is 0.337 e. The van der Waals surface area contributed by atoms with Crippen LogP contribution in [0.2, 0.25) is 5.02 Å². The Morgan fingerprint density at radius 2 is 2.05 bits per heavy atom. The minimum Gasteiger partial charge on any atom is -0.478 e. The second kappa shape index (κ2) is 6.80. The van der Waals surface area contributed by atoms with E-state index in [1.165, 1.54) is 6.92 Å². The molecule has 1 heterocycles. The SMILES string of the molecule is CC(=O)NCC1CCN(c2ccc(C(=O)O)c(Cl)c2)CC1. The molecule has 0 bridgehead atoms. The third-order valence-corrected chi connectivity index (χ3v) is 4.12. The van der Waals surface area contributed by atoms with E-state index in [0.717, 1.165) is 38.2 Å². The molecule has 2 rings (SSSR count). The van der Waals surface area contributed by atoms with Gasteiger partial charge in [0.25, 0.3) is 0 Å². The number of hydrogen-bond acceptors (Lipinski definition) is 3. The van der Waals surface area contributed by atoms with Gasteiger partial charge in [-0.2, -0.15) is 0 Å². The van der Waals surface area contributed by atoms with Gasteiger partial charge in [-0.25, -0.2) is 4.79 Å². The number of piperidine rings is 1. The van der Waals surface area contributed by atoms with Gasteiger partial charge in [-0.15, -0.1) is 0 Å². The average molecular weight is 311 g/mol. The molecule has 1 fully saturated rings. The van der Waals surface area contributed by atoms with Crippen LogP contribution in [-0.4, -0.2) is 36.6 Å². The number of amides is 1. The monoisotopic (exact) mass is 310 g/mol. The largest absolute Gasteiger partial charge is 0.478 e. The molecule has 1 aliphatic heterocycles. The predicted octanol–water partition coefficient (Wildman–Crippen LogP) is 2.39. The van der Waals surface area contributed by atoms with Crippen molar-refractivity contribution < 1.29 is 14.7 Å². The van der Waals surface area contributed by atoms with Crippen LogP contribution in [0.1, 0.15) is 30.1 Å². The van der Waals surface area contributed by atoms with Gasteiger partial charge < -0.3 is 15.3 Å². The van der Waals surface area contributed by atoms with Gasteiger partial charge in [-0.3, -0.25) is 4.79 Å². The Labute approximate surface area is 128 Å². The summed E-state index contributed by atoms with van der Waals surface area (Å²) in [5, 5.41) is 12.1. The molecule has 0 aliphatic carbocycles. The summed E-state index contributed by atoms with van der Waals surface area (Å²) >= 11 is 6.00. The molecule has 0 spiro atoms. The van der Waals surface area contributed by atoms with Crippen LogP contribution < -0.4 is 10.2 Å². The number of carboxylic acid groups (broad SMARTS) is 1. The van der Waals surface area contributed by atoms with Crippen LogP contribution in [-0.2, 0) is 4.79 Å². The van der Waals surface area contributed by atoms with Crippen LogP contribution in [0, 0.1) is 5.92 Å². The lowest BCUT2D eigenvalue weighted by Gasteiger charge is -2.33. The fraction of sp³-hybridized carbons (Fsp3) is 0.467. The first-order valence-electron chi connectivity index (χ1n) is 6.99. The number of carboxylic acids is 1. The predicted molar refractivity (Wildman–Crippen MR) is 82.0 cm³/mol. The van der Waals surface area contributed by atoms with E-state index in [9.17, 15) is 9.59 Å². The lowest BCUT2D eigenvalue weighted by atomic mass is 9.96. The summed E-state index contributed by atoms with van der Waals surface area (Å²) in [6, 6.07) is 5.05. The molecular formula is C15H19ClN2O3. The van der Waals surface area contributed by atoms with E-state index in [1.54, 1.807) is 18.2 Å². The van der Waals surface area contributed by atoms with E-state index in [2.05, 4.69) is 10.2 Å². The number of carbonyl (C=O) groups excluding carboxylic acids is 1. The number of anilines is 1. The van der Waals surface area contributed by atoms with E-state index in [0.29, 0.717) is 5.92 Å². The molecule has 1 aromatic rings. The summed E-state index contributed by atoms with van der Waals surface area (Å²) in [5.41, 5.74) is 1.07. The van der Waals surface area contributed by atoms with Gasteiger partial charge in [0.05, 0.1) is 10.6 Å². The molecule has 1 amide bonds. The zero-order valence-corrected chi connectivity index (χ0v) is 12.7. The summed E-state index contributed by atoms with van der Waals surface area (Å²) < 4.78 is 0. The van der Waals surface area contributed by atoms with E-state index < -0.39 is 5.97 Å². The Kier molecular flexibility index (Phi) is 5.07. The Morgan fingerprint density at radius 1 is 1.38 bits per heavy atom. The van der Waals surface area contributed by atoms with Crippen molar-refractivity contribution in [2.24, 2.45) is 5.92 Å². The number of rotatable bonds is 4. The summed E-state index contributed by atoms with van der Waals surface area (Å²) in [5.74, 6) is -0.507. The van der Waals surface area contributed by atoms with Crippen LogP contribution in [0.5, 0.6) is 0 Å². The van der Waals surface area contributed by atoms with Crippen molar-refractivity contribution in [1.82, 2.24) is 5.32 Å². The molecule has 114 valence electrons. The number of halogens is 1. The van der Waals surface area contributed by atoms with Gasteiger partial charge in [0.2, 0.25) is 5.91 Å². The summed E-state index contributed by atoms with van der Waals surface area (Å²) in [6.07, 6.45) is 2.00. The highest BCUT2D eigenvalue weighted by atomic mass is 35.5. The van der Waals surface area contributed by atoms with Gasteiger partial charge in [0.1, 0.15) is 0 Å². The van der Waals surface area contributed by atoms with E-state index in [-0.39, 0.29) is 16.5 Å². The van der Waals surface area contributed by atoms with E-state index in [1.807, 2.05) is 0 Å². The number of hydrogen-bond donors (Lipinski definition) is 2. The third kappa shape index (κ3) is 4.11. The van der Waals surface area contributed by atoms with Crippen LogP contribution in [0.25, 0.3) is 0 Å². The summed E-state index contributed by atoms with van der Waals surface area (Å²) in [7, 11) is 0. The summed E-state index contributed by atoms with van der Waals surface area (Å²) in [4.78, 5) is 24.1. The molecule has 0 saturated carbocycles. The highest BCUT2D eigenvalue weighted by Gasteiger charge is 2.20. The average Bonchev–Trinajstić information content (AvgIpc) is 2.45. The number of nitrogens with one attached hydrogen (secondary N) is 1. The zero-order chi connectivity index (χ0) is 15.4.